The molecule has 1 saturated carbocycles. The first kappa shape index (κ1) is 18.7. The van der Waals surface area contributed by atoms with Crippen molar-refractivity contribution in [1.82, 2.24) is 14.9 Å². The fourth-order valence-electron chi connectivity index (χ4n) is 3.48. The number of nitrogens with zero attached hydrogens (tertiary/aromatic N) is 2. The Labute approximate surface area is 169 Å². The first-order valence-corrected chi connectivity index (χ1v) is 11.9. The number of amides is 1. The van der Waals surface area contributed by atoms with Crippen LogP contribution in [-0.4, -0.2) is 27.3 Å². The molecule has 3 heterocycles. The largest absolute Gasteiger partial charge is 0.353 e. The minimum atomic E-state index is -0.0224. The van der Waals surface area contributed by atoms with E-state index in [2.05, 4.69) is 5.32 Å². The molecule has 0 spiro atoms. The van der Waals surface area contributed by atoms with Gasteiger partial charge in [0.15, 0.2) is 5.16 Å². The van der Waals surface area contributed by atoms with Gasteiger partial charge in [-0.2, -0.15) is 0 Å². The van der Waals surface area contributed by atoms with Crippen LogP contribution in [0.2, 0.25) is 0 Å². The van der Waals surface area contributed by atoms with Gasteiger partial charge in [0.2, 0.25) is 5.91 Å². The van der Waals surface area contributed by atoms with E-state index in [0.29, 0.717) is 23.1 Å². The summed E-state index contributed by atoms with van der Waals surface area (Å²) in [5.74, 6) is 0.312. The van der Waals surface area contributed by atoms with Gasteiger partial charge in [0, 0.05) is 28.4 Å². The van der Waals surface area contributed by atoms with E-state index in [1.165, 1.54) is 35.9 Å². The Kier molecular flexibility index (Phi) is 5.66. The van der Waals surface area contributed by atoms with Crippen molar-refractivity contribution in [3.63, 3.8) is 0 Å². The van der Waals surface area contributed by atoms with Gasteiger partial charge in [0.05, 0.1) is 11.1 Å². The number of hydrogen-bond donors (Lipinski definition) is 1. The number of carbonyl (C=O) groups excluding carboxylic acids is 1. The van der Waals surface area contributed by atoms with Crippen molar-refractivity contribution in [2.75, 3.05) is 5.75 Å². The van der Waals surface area contributed by atoms with Crippen LogP contribution in [0.25, 0.3) is 20.7 Å². The molecule has 3 aromatic rings. The van der Waals surface area contributed by atoms with Crippen molar-refractivity contribution in [2.24, 2.45) is 0 Å². The molecule has 27 heavy (non-hydrogen) atoms. The van der Waals surface area contributed by atoms with Gasteiger partial charge in [-0.3, -0.25) is 14.2 Å². The van der Waals surface area contributed by atoms with Crippen LogP contribution in [0.4, 0.5) is 0 Å². The maximum Gasteiger partial charge on any atom is 0.263 e. The number of thioether (sulfide) groups is 1. The van der Waals surface area contributed by atoms with Crippen LogP contribution in [0.1, 0.15) is 32.6 Å². The summed E-state index contributed by atoms with van der Waals surface area (Å²) in [6.45, 7) is 2.48. The Bertz CT molecular complexity index is 1000. The molecule has 0 atom stereocenters. The molecule has 0 aromatic carbocycles. The summed E-state index contributed by atoms with van der Waals surface area (Å²) < 4.78 is 1.68. The Morgan fingerprint density at radius 2 is 2.19 bits per heavy atom. The number of nitrogens with one attached hydrogen (secondary N) is 1. The van der Waals surface area contributed by atoms with E-state index in [0.717, 1.165) is 28.1 Å². The number of rotatable bonds is 6. The second-order valence-corrected chi connectivity index (χ2v) is 9.34. The topological polar surface area (TPSA) is 64.0 Å². The van der Waals surface area contributed by atoms with Crippen LogP contribution >= 0.6 is 34.4 Å². The van der Waals surface area contributed by atoms with Crippen LogP contribution < -0.4 is 10.9 Å². The second-order valence-electron chi connectivity index (χ2n) is 6.59. The zero-order valence-corrected chi connectivity index (χ0v) is 17.5. The van der Waals surface area contributed by atoms with E-state index in [-0.39, 0.29) is 17.2 Å². The third-order valence-corrected chi connectivity index (χ3v) is 7.57. The molecule has 0 bridgehead atoms. The van der Waals surface area contributed by atoms with Crippen LogP contribution in [0.15, 0.2) is 32.8 Å². The van der Waals surface area contributed by atoms with E-state index < -0.39 is 0 Å². The number of thiophene rings is 2. The monoisotopic (exact) mass is 419 g/mol. The fraction of sp³-hybridized carbons (Fsp3) is 0.421. The Balaban J connectivity index is 1.59. The van der Waals surface area contributed by atoms with Crippen LogP contribution in [0, 0.1) is 0 Å². The lowest BCUT2D eigenvalue weighted by Gasteiger charge is -2.13. The van der Waals surface area contributed by atoms with Gasteiger partial charge in [-0.25, -0.2) is 4.98 Å². The lowest BCUT2D eigenvalue weighted by Crippen LogP contribution is -2.34. The molecule has 8 heteroatoms. The Morgan fingerprint density at radius 1 is 1.37 bits per heavy atom. The van der Waals surface area contributed by atoms with Crippen molar-refractivity contribution < 1.29 is 4.79 Å². The molecule has 3 aromatic heterocycles. The van der Waals surface area contributed by atoms with Gasteiger partial charge in [-0.05, 0) is 31.2 Å². The lowest BCUT2D eigenvalue weighted by molar-refractivity contribution is -0.119. The quantitative estimate of drug-likeness (QED) is 0.476. The normalized spacial score (nSPS) is 14.9. The van der Waals surface area contributed by atoms with Crippen LogP contribution in [-0.2, 0) is 11.3 Å². The van der Waals surface area contributed by atoms with Crippen molar-refractivity contribution in [3.05, 3.63) is 33.2 Å². The molecular weight excluding hydrogens is 398 g/mol. The maximum atomic E-state index is 13.1. The van der Waals surface area contributed by atoms with Gasteiger partial charge in [0.25, 0.3) is 5.56 Å². The van der Waals surface area contributed by atoms with Crippen molar-refractivity contribution >= 4 is 50.6 Å². The van der Waals surface area contributed by atoms with Gasteiger partial charge in [-0.1, -0.05) is 30.7 Å². The molecular formula is C19H21N3O2S3. The van der Waals surface area contributed by atoms with Crippen molar-refractivity contribution in [3.8, 4) is 10.4 Å². The second kappa shape index (κ2) is 8.16. The molecule has 0 radical (unpaired) electrons. The highest BCUT2D eigenvalue weighted by Gasteiger charge is 2.20. The summed E-state index contributed by atoms with van der Waals surface area (Å²) in [5.41, 5.74) is 0.936. The van der Waals surface area contributed by atoms with E-state index in [1.807, 2.05) is 29.8 Å². The molecule has 4 rings (SSSR count). The zero-order chi connectivity index (χ0) is 18.8. The first-order valence-electron chi connectivity index (χ1n) is 9.15. The standard InChI is InChI=1S/C19H21N3O2S3/c1-2-22-18(24)16-13(14-8-5-9-25-14)10-26-17(16)21-19(22)27-11-15(23)20-12-6-3-4-7-12/h5,8-10,12H,2-4,6-7,11H2,1H3,(H,20,23). The average Bonchev–Trinajstić information content (AvgIpc) is 3.40. The minimum Gasteiger partial charge on any atom is -0.353 e. The van der Waals surface area contributed by atoms with Gasteiger partial charge in [0.1, 0.15) is 4.83 Å². The highest BCUT2D eigenvalue weighted by Crippen LogP contribution is 2.34. The van der Waals surface area contributed by atoms with Crippen molar-refractivity contribution in [2.45, 2.75) is 50.4 Å². The summed E-state index contributed by atoms with van der Waals surface area (Å²) in [6, 6.07) is 4.33. The lowest BCUT2D eigenvalue weighted by atomic mass is 10.2. The highest BCUT2D eigenvalue weighted by atomic mass is 32.2. The number of hydrogen-bond acceptors (Lipinski definition) is 6. The summed E-state index contributed by atoms with van der Waals surface area (Å²) in [4.78, 5) is 31.9. The Hall–Kier alpha value is -1.64. The molecule has 5 nitrogen and oxygen atoms in total. The third-order valence-electron chi connectivity index (χ3n) is 4.81. The average molecular weight is 420 g/mol. The van der Waals surface area contributed by atoms with Gasteiger partial charge >= 0.3 is 0 Å². The number of aromatic nitrogens is 2. The predicted octanol–water partition coefficient (Wildman–Crippen LogP) is 4.36. The molecule has 1 aliphatic carbocycles. The van der Waals surface area contributed by atoms with Gasteiger partial charge in [-0.15, -0.1) is 22.7 Å². The molecule has 0 saturated heterocycles. The highest BCUT2D eigenvalue weighted by molar-refractivity contribution is 7.99. The first-order chi connectivity index (χ1) is 13.2. The van der Waals surface area contributed by atoms with E-state index in [4.69, 9.17) is 4.98 Å². The van der Waals surface area contributed by atoms with Crippen LogP contribution in [0.3, 0.4) is 0 Å². The summed E-state index contributed by atoms with van der Waals surface area (Å²) >= 11 is 4.46. The summed E-state index contributed by atoms with van der Waals surface area (Å²) in [5, 5.41) is 8.41. The third kappa shape index (κ3) is 3.83. The molecule has 0 aliphatic heterocycles. The predicted molar refractivity (Wildman–Crippen MR) is 114 cm³/mol. The zero-order valence-electron chi connectivity index (χ0n) is 15.1. The van der Waals surface area contributed by atoms with E-state index in [1.54, 1.807) is 15.9 Å². The van der Waals surface area contributed by atoms with E-state index >= 15 is 0 Å². The number of carbonyl (C=O) groups is 1. The maximum absolute atomic E-state index is 13.1. The Morgan fingerprint density at radius 3 is 2.89 bits per heavy atom. The molecule has 142 valence electrons. The number of fused-ring (bicyclic) bond motifs is 1. The minimum absolute atomic E-state index is 0.0224. The fourth-order valence-corrected chi connectivity index (χ4v) is 6.15. The summed E-state index contributed by atoms with van der Waals surface area (Å²) in [6.07, 6.45) is 4.52. The van der Waals surface area contributed by atoms with Crippen LogP contribution in [0.5, 0.6) is 0 Å². The molecule has 1 N–H and O–H groups in total. The van der Waals surface area contributed by atoms with E-state index in [9.17, 15) is 9.59 Å². The molecule has 0 unspecified atom stereocenters. The molecule has 1 amide bonds. The van der Waals surface area contributed by atoms with Gasteiger partial charge < -0.3 is 5.32 Å². The SMILES string of the molecule is CCn1c(SCC(=O)NC2CCCC2)nc2scc(-c3cccs3)c2c1=O. The van der Waals surface area contributed by atoms with Crippen molar-refractivity contribution in [1.29, 1.82) is 0 Å². The smallest absolute Gasteiger partial charge is 0.263 e. The summed E-state index contributed by atoms with van der Waals surface area (Å²) in [7, 11) is 0. The molecule has 1 aliphatic rings. The molecule has 1 fully saturated rings.